The van der Waals surface area contributed by atoms with Crippen molar-refractivity contribution < 1.29 is 9.53 Å². The predicted octanol–water partition coefficient (Wildman–Crippen LogP) is 4.46. The Kier molecular flexibility index (Phi) is 6.58. The number of ether oxygens (including phenoxy) is 1. The summed E-state index contributed by atoms with van der Waals surface area (Å²) in [5, 5.41) is 8.96. The molecule has 28 heavy (non-hydrogen) atoms. The summed E-state index contributed by atoms with van der Waals surface area (Å²) in [5.74, 6) is 0.618. The second-order valence-electron chi connectivity index (χ2n) is 7.10. The average Bonchev–Trinajstić information content (AvgIpc) is 2.93. The van der Waals surface area contributed by atoms with Crippen molar-refractivity contribution in [1.29, 1.82) is 5.26 Å². The van der Waals surface area contributed by atoms with Crippen molar-refractivity contribution in [3.63, 3.8) is 0 Å². The maximum Gasteiger partial charge on any atom is 0.257 e. The van der Waals surface area contributed by atoms with E-state index in [1.165, 1.54) is 0 Å². The zero-order valence-corrected chi connectivity index (χ0v) is 17.8. The van der Waals surface area contributed by atoms with Crippen molar-refractivity contribution in [3.8, 4) is 11.8 Å². The summed E-state index contributed by atoms with van der Waals surface area (Å²) in [4.78, 5) is 17.3. The molecule has 0 bridgehead atoms. The third-order valence-corrected chi connectivity index (χ3v) is 5.17. The van der Waals surface area contributed by atoms with E-state index in [1.807, 2.05) is 61.2 Å². The predicted molar refractivity (Wildman–Crippen MR) is 114 cm³/mol. The Morgan fingerprint density at radius 2 is 1.86 bits per heavy atom. The highest BCUT2D eigenvalue weighted by Crippen LogP contribution is 2.27. The average molecular weight is 442 g/mol. The molecule has 0 saturated carbocycles. The number of halogens is 1. The second-order valence-corrected chi connectivity index (χ2v) is 8.01. The molecule has 5 nitrogen and oxygen atoms in total. The van der Waals surface area contributed by atoms with Crippen LogP contribution in [0.25, 0.3) is 0 Å². The third kappa shape index (κ3) is 4.85. The molecule has 1 amide bonds. The second kappa shape index (κ2) is 9.11. The fourth-order valence-corrected chi connectivity index (χ4v) is 3.66. The van der Waals surface area contributed by atoms with Gasteiger partial charge in [-0.15, -0.1) is 0 Å². The fourth-order valence-electron chi connectivity index (χ4n) is 3.32. The van der Waals surface area contributed by atoms with Gasteiger partial charge in [-0.2, -0.15) is 5.26 Å². The molecule has 0 atom stereocenters. The van der Waals surface area contributed by atoms with Crippen LogP contribution in [0.1, 0.15) is 36.2 Å². The van der Waals surface area contributed by atoms with Gasteiger partial charge in [-0.3, -0.25) is 4.79 Å². The van der Waals surface area contributed by atoms with E-state index >= 15 is 0 Å². The van der Waals surface area contributed by atoms with Crippen LogP contribution in [0.5, 0.6) is 5.75 Å². The maximum atomic E-state index is 13.2. The lowest BCUT2D eigenvalue weighted by molar-refractivity contribution is 0.0761. The van der Waals surface area contributed by atoms with Crippen molar-refractivity contribution in [2.24, 2.45) is 0 Å². The van der Waals surface area contributed by atoms with Crippen LogP contribution in [0.15, 0.2) is 46.9 Å². The Morgan fingerprint density at radius 3 is 2.54 bits per heavy atom. The van der Waals surface area contributed by atoms with E-state index in [1.54, 1.807) is 0 Å². The van der Waals surface area contributed by atoms with Crippen LogP contribution in [-0.2, 0) is 0 Å². The van der Waals surface area contributed by atoms with Crippen LogP contribution in [0.4, 0.5) is 5.69 Å². The number of hydrogen-bond donors (Lipinski definition) is 0. The summed E-state index contributed by atoms with van der Waals surface area (Å²) in [7, 11) is 0. The van der Waals surface area contributed by atoms with Gasteiger partial charge in [0.25, 0.3) is 5.91 Å². The van der Waals surface area contributed by atoms with Gasteiger partial charge in [0.15, 0.2) is 0 Å². The highest BCUT2D eigenvalue weighted by molar-refractivity contribution is 9.10. The number of anilines is 1. The number of benzene rings is 2. The Balaban J connectivity index is 1.73. The molecule has 0 spiro atoms. The van der Waals surface area contributed by atoms with Crippen LogP contribution >= 0.6 is 15.9 Å². The van der Waals surface area contributed by atoms with Gasteiger partial charge in [0.05, 0.1) is 23.3 Å². The zero-order chi connectivity index (χ0) is 20.1. The molecule has 1 fully saturated rings. The van der Waals surface area contributed by atoms with Gasteiger partial charge in [0, 0.05) is 36.3 Å². The number of carbonyl (C=O) groups excluding carboxylic acids is 1. The Bertz CT molecular complexity index is 874. The zero-order valence-electron chi connectivity index (χ0n) is 16.2. The van der Waals surface area contributed by atoms with Gasteiger partial charge in [-0.1, -0.05) is 15.9 Å². The van der Waals surface area contributed by atoms with E-state index in [0.717, 1.165) is 29.7 Å². The van der Waals surface area contributed by atoms with Crippen molar-refractivity contribution in [2.75, 3.05) is 31.1 Å². The summed E-state index contributed by atoms with van der Waals surface area (Å²) in [6.45, 7) is 6.91. The molecule has 2 aromatic carbocycles. The lowest BCUT2D eigenvalue weighted by atomic mass is 10.1. The molecule has 0 radical (unpaired) electrons. The lowest BCUT2D eigenvalue weighted by Crippen LogP contribution is -2.35. The Morgan fingerprint density at radius 1 is 1.11 bits per heavy atom. The van der Waals surface area contributed by atoms with E-state index in [-0.39, 0.29) is 12.0 Å². The summed E-state index contributed by atoms with van der Waals surface area (Å²) in [5.41, 5.74) is 2.34. The molecule has 1 aliphatic heterocycles. The molecule has 0 aromatic heterocycles. The van der Waals surface area contributed by atoms with Crippen molar-refractivity contribution in [2.45, 2.75) is 26.4 Å². The summed E-state index contributed by atoms with van der Waals surface area (Å²) >= 11 is 3.46. The van der Waals surface area contributed by atoms with Gasteiger partial charge < -0.3 is 14.5 Å². The smallest absolute Gasteiger partial charge is 0.257 e. The fraction of sp³-hybridized carbons (Fsp3) is 0.364. The van der Waals surface area contributed by atoms with Crippen molar-refractivity contribution in [1.82, 2.24) is 4.90 Å². The molecule has 6 heteroatoms. The SMILES string of the molecule is CC(C)Oc1cc(Br)ccc1C(=O)N1CCCN(c2ccc(C#N)cc2)CC1. The largest absolute Gasteiger partial charge is 0.490 e. The summed E-state index contributed by atoms with van der Waals surface area (Å²) in [6, 6.07) is 15.3. The normalized spacial score (nSPS) is 14.5. The lowest BCUT2D eigenvalue weighted by Gasteiger charge is -2.24. The number of carbonyl (C=O) groups is 1. The molecule has 0 unspecified atom stereocenters. The van der Waals surface area contributed by atoms with E-state index in [9.17, 15) is 4.79 Å². The number of amides is 1. The molecule has 0 aliphatic carbocycles. The summed E-state index contributed by atoms with van der Waals surface area (Å²) in [6.07, 6.45) is 0.889. The quantitative estimate of drug-likeness (QED) is 0.702. The molecule has 3 rings (SSSR count). The first-order chi connectivity index (χ1) is 13.5. The van der Waals surface area contributed by atoms with Crippen LogP contribution in [0.3, 0.4) is 0 Å². The summed E-state index contributed by atoms with van der Waals surface area (Å²) < 4.78 is 6.76. The number of nitriles is 1. The molecular formula is C22H24BrN3O2. The molecule has 1 heterocycles. The van der Waals surface area contributed by atoms with E-state index < -0.39 is 0 Å². The number of rotatable bonds is 4. The molecule has 2 aromatic rings. The van der Waals surface area contributed by atoms with Gasteiger partial charge in [0.1, 0.15) is 5.75 Å². The third-order valence-electron chi connectivity index (χ3n) is 4.68. The van der Waals surface area contributed by atoms with E-state index in [0.29, 0.717) is 30.0 Å². The van der Waals surface area contributed by atoms with Crippen LogP contribution in [0.2, 0.25) is 0 Å². The first-order valence-corrected chi connectivity index (χ1v) is 10.3. The van der Waals surface area contributed by atoms with Crippen molar-refractivity contribution in [3.05, 3.63) is 58.1 Å². The van der Waals surface area contributed by atoms with Gasteiger partial charge in [0.2, 0.25) is 0 Å². The van der Waals surface area contributed by atoms with E-state index in [4.69, 9.17) is 10.00 Å². The molecule has 1 saturated heterocycles. The minimum absolute atomic E-state index is 0.00291. The molecule has 0 N–H and O–H groups in total. The van der Waals surface area contributed by atoms with Gasteiger partial charge in [-0.05, 0) is 62.7 Å². The van der Waals surface area contributed by atoms with Crippen LogP contribution < -0.4 is 9.64 Å². The monoisotopic (exact) mass is 441 g/mol. The highest BCUT2D eigenvalue weighted by atomic mass is 79.9. The van der Waals surface area contributed by atoms with Crippen molar-refractivity contribution >= 4 is 27.5 Å². The Hall–Kier alpha value is -2.52. The number of hydrogen-bond acceptors (Lipinski definition) is 4. The van der Waals surface area contributed by atoms with Crippen LogP contribution in [-0.4, -0.2) is 43.1 Å². The first kappa shape index (κ1) is 20.2. The first-order valence-electron chi connectivity index (χ1n) is 9.48. The molecule has 1 aliphatic rings. The van der Waals surface area contributed by atoms with E-state index in [2.05, 4.69) is 26.9 Å². The highest BCUT2D eigenvalue weighted by Gasteiger charge is 2.23. The minimum atomic E-state index is -0.00291. The molecule has 146 valence electrons. The minimum Gasteiger partial charge on any atom is -0.490 e. The Labute approximate surface area is 174 Å². The maximum absolute atomic E-state index is 13.2. The number of nitrogens with zero attached hydrogens (tertiary/aromatic N) is 3. The topological polar surface area (TPSA) is 56.6 Å². The molecular weight excluding hydrogens is 418 g/mol. The van der Waals surface area contributed by atoms with Gasteiger partial charge in [-0.25, -0.2) is 0 Å². The standard InChI is InChI=1S/C22H24BrN3O2/c1-16(2)28-21-14-18(23)6-9-20(21)22(27)26-11-3-10-25(12-13-26)19-7-4-17(15-24)5-8-19/h4-9,14,16H,3,10-13H2,1-2H3. The van der Waals surface area contributed by atoms with Gasteiger partial charge >= 0.3 is 0 Å². The van der Waals surface area contributed by atoms with Crippen LogP contribution in [0, 0.1) is 11.3 Å².